The van der Waals surface area contributed by atoms with Gasteiger partial charge in [-0.25, -0.2) is 0 Å². The van der Waals surface area contributed by atoms with Crippen molar-refractivity contribution in [3.05, 3.63) is 69.6 Å². The molecule has 2 aromatic rings. The molecule has 1 saturated carbocycles. The molecule has 1 N–H and O–H groups in total. The normalized spacial score (nSPS) is 13.4. The molecule has 0 spiro atoms. The largest absolute Gasteiger partial charge is 0.349 e. The quantitative estimate of drug-likeness (QED) is 0.898. The number of nitrogens with zero attached hydrogens (tertiary/aromatic N) is 2. The van der Waals surface area contributed by atoms with Crippen LogP contribution in [0.2, 0.25) is 0 Å². The second-order valence-electron chi connectivity index (χ2n) is 6.47. The summed E-state index contributed by atoms with van der Waals surface area (Å²) in [6, 6.07) is 10.5. The second kappa shape index (κ2) is 6.93. The maximum atomic E-state index is 12.4. The molecule has 130 valence electrons. The number of carbonyl (C=O) groups is 2. The molecule has 0 atom stereocenters. The van der Waals surface area contributed by atoms with Gasteiger partial charge in [-0.3, -0.25) is 14.4 Å². The minimum atomic E-state index is -0.217. The van der Waals surface area contributed by atoms with E-state index in [0.717, 1.165) is 18.4 Å². The second-order valence-corrected chi connectivity index (χ2v) is 6.47. The zero-order valence-electron chi connectivity index (χ0n) is 14.4. The van der Waals surface area contributed by atoms with Crippen LogP contribution in [0.3, 0.4) is 0 Å². The lowest BCUT2D eigenvalue weighted by Crippen LogP contribution is -2.28. The summed E-state index contributed by atoms with van der Waals surface area (Å²) in [6.45, 7) is 0.401. The maximum Gasteiger partial charge on any atom is 0.254 e. The summed E-state index contributed by atoms with van der Waals surface area (Å²) in [6.07, 6.45) is 3.69. The molecule has 25 heavy (non-hydrogen) atoms. The van der Waals surface area contributed by atoms with Gasteiger partial charge in [-0.2, -0.15) is 0 Å². The van der Waals surface area contributed by atoms with E-state index in [2.05, 4.69) is 5.32 Å². The number of hydrogen-bond donors (Lipinski definition) is 1. The molecular formula is C19H21N3O3. The molecule has 1 aliphatic rings. The Balaban J connectivity index is 1.64. The Morgan fingerprint density at radius 1 is 1.16 bits per heavy atom. The van der Waals surface area contributed by atoms with E-state index < -0.39 is 0 Å². The molecule has 1 aromatic carbocycles. The van der Waals surface area contributed by atoms with Gasteiger partial charge in [0.05, 0.1) is 0 Å². The van der Waals surface area contributed by atoms with Crippen molar-refractivity contribution in [3.63, 3.8) is 0 Å². The Hall–Kier alpha value is -2.89. The maximum absolute atomic E-state index is 12.4. The summed E-state index contributed by atoms with van der Waals surface area (Å²) in [5.74, 6) is -0.271. The summed E-state index contributed by atoms with van der Waals surface area (Å²) in [4.78, 5) is 37.6. The van der Waals surface area contributed by atoms with E-state index >= 15 is 0 Å². The highest BCUT2D eigenvalue weighted by molar-refractivity contribution is 5.95. The Bertz CT molecular complexity index is 851. The number of carbonyl (C=O) groups excluding carboxylic acids is 2. The zero-order valence-corrected chi connectivity index (χ0v) is 14.4. The first-order chi connectivity index (χ1) is 11.9. The SMILES string of the molecule is CN(Cc1ccc(C(=O)NC2CC2)cc1)C(=O)c1ccn(C)c(=O)c1. The van der Waals surface area contributed by atoms with Crippen LogP contribution in [-0.2, 0) is 13.6 Å². The fourth-order valence-electron chi connectivity index (χ4n) is 2.51. The predicted molar refractivity (Wildman–Crippen MR) is 94.4 cm³/mol. The number of pyridine rings is 1. The van der Waals surface area contributed by atoms with Crippen LogP contribution in [0.5, 0.6) is 0 Å². The van der Waals surface area contributed by atoms with Crippen LogP contribution in [0.15, 0.2) is 47.4 Å². The molecule has 2 amide bonds. The Kier molecular flexibility index (Phi) is 4.70. The molecule has 6 nitrogen and oxygen atoms in total. The van der Waals surface area contributed by atoms with Crippen LogP contribution in [0, 0.1) is 0 Å². The van der Waals surface area contributed by atoms with E-state index in [1.807, 2.05) is 12.1 Å². The Labute approximate surface area is 146 Å². The molecule has 1 aromatic heterocycles. The van der Waals surface area contributed by atoms with Crippen LogP contribution in [0.1, 0.15) is 39.1 Å². The molecule has 1 heterocycles. The van der Waals surface area contributed by atoms with Crippen molar-refractivity contribution < 1.29 is 9.59 Å². The smallest absolute Gasteiger partial charge is 0.254 e. The molecular weight excluding hydrogens is 318 g/mol. The van der Waals surface area contributed by atoms with Gasteiger partial charge >= 0.3 is 0 Å². The number of aryl methyl sites for hydroxylation is 1. The fourth-order valence-corrected chi connectivity index (χ4v) is 2.51. The highest BCUT2D eigenvalue weighted by Crippen LogP contribution is 2.19. The molecule has 0 aliphatic heterocycles. The highest BCUT2D eigenvalue weighted by atomic mass is 16.2. The molecule has 1 fully saturated rings. The van der Waals surface area contributed by atoms with Gasteiger partial charge in [0.15, 0.2) is 0 Å². The number of rotatable bonds is 5. The third-order valence-corrected chi connectivity index (χ3v) is 4.25. The van der Waals surface area contributed by atoms with Gasteiger partial charge in [0, 0.05) is 50.1 Å². The van der Waals surface area contributed by atoms with Crippen LogP contribution in [-0.4, -0.2) is 34.4 Å². The van der Waals surface area contributed by atoms with Crippen LogP contribution >= 0.6 is 0 Å². The standard InChI is InChI=1S/C19H21N3O3/c1-21-10-9-15(11-17(21)23)19(25)22(2)12-13-3-5-14(6-4-13)18(24)20-16-7-8-16/h3-6,9-11,16H,7-8,12H2,1-2H3,(H,20,24). The van der Waals surface area contributed by atoms with Crippen LogP contribution in [0.4, 0.5) is 0 Å². The van der Waals surface area contributed by atoms with Gasteiger partial charge in [-0.05, 0) is 36.6 Å². The monoisotopic (exact) mass is 339 g/mol. The van der Waals surface area contributed by atoms with E-state index in [1.54, 1.807) is 43.4 Å². The Morgan fingerprint density at radius 2 is 1.84 bits per heavy atom. The van der Waals surface area contributed by atoms with E-state index in [4.69, 9.17) is 0 Å². The number of benzene rings is 1. The van der Waals surface area contributed by atoms with E-state index in [9.17, 15) is 14.4 Å². The number of hydrogen-bond acceptors (Lipinski definition) is 3. The number of nitrogens with one attached hydrogen (secondary N) is 1. The molecule has 0 saturated heterocycles. The number of amides is 2. The topological polar surface area (TPSA) is 71.4 Å². The first-order valence-electron chi connectivity index (χ1n) is 8.26. The molecule has 0 radical (unpaired) electrons. The van der Waals surface area contributed by atoms with Crippen molar-refractivity contribution in [2.75, 3.05) is 7.05 Å². The summed E-state index contributed by atoms with van der Waals surface area (Å²) < 4.78 is 1.42. The molecule has 0 unspecified atom stereocenters. The van der Waals surface area contributed by atoms with Crippen LogP contribution in [0.25, 0.3) is 0 Å². The van der Waals surface area contributed by atoms with Crippen molar-refractivity contribution in [1.82, 2.24) is 14.8 Å². The molecule has 6 heteroatoms. The average molecular weight is 339 g/mol. The highest BCUT2D eigenvalue weighted by Gasteiger charge is 2.23. The minimum absolute atomic E-state index is 0.0568. The van der Waals surface area contributed by atoms with E-state index in [-0.39, 0.29) is 17.4 Å². The zero-order chi connectivity index (χ0) is 18.0. The third-order valence-electron chi connectivity index (χ3n) is 4.25. The van der Waals surface area contributed by atoms with Gasteiger partial charge in [-0.1, -0.05) is 12.1 Å². The minimum Gasteiger partial charge on any atom is -0.349 e. The fraction of sp³-hybridized carbons (Fsp3) is 0.316. The van der Waals surface area contributed by atoms with Gasteiger partial charge in [-0.15, -0.1) is 0 Å². The summed E-state index contributed by atoms with van der Waals surface area (Å²) >= 11 is 0. The predicted octanol–water partition coefficient (Wildman–Crippen LogP) is 1.55. The lowest BCUT2D eigenvalue weighted by atomic mass is 10.1. The van der Waals surface area contributed by atoms with E-state index in [0.29, 0.717) is 23.7 Å². The lowest BCUT2D eigenvalue weighted by Gasteiger charge is -2.17. The Morgan fingerprint density at radius 3 is 2.44 bits per heavy atom. The van der Waals surface area contributed by atoms with Gasteiger partial charge in [0.2, 0.25) is 0 Å². The molecule has 0 bridgehead atoms. The van der Waals surface area contributed by atoms with Crippen molar-refractivity contribution in [2.45, 2.75) is 25.4 Å². The summed E-state index contributed by atoms with van der Waals surface area (Å²) in [5.41, 5.74) is 1.69. The van der Waals surface area contributed by atoms with Crippen molar-refractivity contribution in [2.24, 2.45) is 7.05 Å². The first kappa shape index (κ1) is 17.0. The summed E-state index contributed by atoms with van der Waals surface area (Å²) in [7, 11) is 3.33. The molecule has 3 rings (SSSR count). The van der Waals surface area contributed by atoms with Gasteiger partial charge in [0.1, 0.15) is 0 Å². The van der Waals surface area contributed by atoms with Gasteiger partial charge in [0.25, 0.3) is 17.4 Å². The van der Waals surface area contributed by atoms with Crippen molar-refractivity contribution >= 4 is 11.8 Å². The van der Waals surface area contributed by atoms with Crippen molar-refractivity contribution in [1.29, 1.82) is 0 Å². The molecule has 1 aliphatic carbocycles. The van der Waals surface area contributed by atoms with E-state index in [1.165, 1.54) is 10.6 Å². The van der Waals surface area contributed by atoms with Crippen LogP contribution < -0.4 is 10.9 Å². The average Bonchev–Trinajstić information content (AvgIpc) is 3.41. The third kappa shape index (κ3) is 4.15. The summed E-state index contributed by atoms with van der Waals surface area (Å²) in [5, 5.41) is 2.94. The number of aromatic nitrogens is 1. The first-order valence-corrected chi connectivity index (χ1v) is 8.26. The lowest BCUT2D eigenvalue weighted by molar-refractivity contribution is 0.0784. The van der Waals surface area contributed by atoms with Gasteiger partial charge < -0.3 is 14.8 Å². The van der Waals surface area contributed by atoms with Crippen molar-refractivity contribution in [3.8, 4) is 0 Å².